The fourth-order valence-corrected chi connectivity index (χ4v) is 3.27. The molecule has 0 aromatic heterocycles. The van der Waals surface area contributed by atoms with Gasteiger partial charge in [0.2, 0.25) is 0 Å². The van der Waals surface area contributed by atoms with Crippen LogP contribution in [0.4, 0.5) is 0 Å². The summed E-state index contributed by atoms with van der Waals surface area (Å²) >= 11 is 0. The first kappa shape index (κ1) is 16.4. The maximum Gasteiger partial charge on any atom is 0.334 e. The lowest BCUT2D eigenvalue weighted by Gasteiger charge is -2.43. The number of hydrogen-bond donors (Lipinski definition) is 0. The van der Waals surface area contributed by atoms with Gasteiger partial charge in [0, 0.05) is 19.5 Å². The molecule has 0 aliphatic carbocycles. The zero-order chi connectivity index (χ0) is 17.0. The van der Waals surface area contributed by atoms with E-state index in [0.29, 0.717) is 26.1 Å². The first-order valence-electron chi connectivity index (χ1n) is 8.14. The van der Waals surface area contributed by atoms with Gasteiger partial charge in [0.15, 0.2) is 11.3 Å². The smallest absolute Gasteiger partial charge is 0.334 e. The number of carbonyl (C=O) groups is 2. The molecule has 124 valence electrons. The van der Waals surface area contributed by atoms with Gasteiger partial charge in [-0.25, -0.2) is 4.79 Å². The molecule has 0 N–H and O–H groups in total. The minimum atomic E-state index is -1.25. The molecule has 24 heavy (non-hydrogen) atoms. The zero-order valence-electron chi connectivity index (χ0n) is 13.8. The number of benzene rings is 2. The van der Waals surface area contributed by atoms with E-state index in [-0.39, 0.29) is 5.78 Å². The van der Waals surface area contributed by atoms with Crippen molar-refractivity contribution in [3.05, 3.63) is 71.8 Å². The molecule has 1 unspecified atom stereocenters. The van der Waals surface area contributed by atoms with Crippen LogP contribution in [-0.2, 0) is 27.3 Å². The van der Waals surface area contributed by atoms with Crippen LogP contribution in [0.3, 0.4) is 0 Å². The van der Waals surface area contributed by atoms with Crippen molar-refractivity contribution in [2.24, 2.45) is 0 Å². The van der Waals surface area contributed by atoms with Gasteiger partial charge >= 0.3 is 5.97 Å². The highest BCUT2D eigenvalue weighted by molar-refractivity contribution is 6.08. The van der Waals surface area contributed by atoms with Crippen molar-refractivity contribution < 1.29 is 14.3 Å². The standard InChI is InChI=1S/C20H21NO3/c1-16(22)20(14-17-8-4-2-5-9-17)19(23)24-13-12-21(20)15-18-10-6-3-7-11-18/h2-11H,12-15H2,1H3. The van der Waals surface area contributed by atoms with Gasteiger partial charge in [-0.1, -0.05) is 60.7 Å². The third-order valence-corrected chi connectivity index (χ3v) is 4.57. The molecule has 1 heterocycles. The van der Waals surface area contributed by atoms with Crippen LogP contribution in [-0.4, -0.2) is 35.3 Å². The Morgan fingerprint density at radius 1 is 1.04 bits per heavy atom. The maximum atomic E-state index is 12.7. The van der Waals surface area contributed by atoms with Gasteiger partial charge in [-0.05, 0) is 18.1 Å². The number of nitrogens with zero attached hydrogens (tertiary/aromatic N) is 1. The molecule has 0 saturated carbocycles. The van der Waals surface area contributed by atoms with E-state index in [1.54, 1.807) is 0 Å². The SMILES string of the molecule is CC(=O)C1(Cc2ccccc2)C(=O)OCCN1Cc1ccccc1. The van der Waals surface area contributed by atoms with Crippen LogP contribution in [0.5, 0.6) is 0 Å². The predicted molar refractivity (Wildman–Crippen MR) is 91.4 cm³/mol. The highest BCUT2D eigenvalue weighted by Crippen LogP contribution is 2.29. The predicted octanol–water partition coefficient (Wildman–Crippen LogP) is 2.62. The lowest BCUT2D eigenvalue weighted by molar-refractivity contribution is -0.173. The molecular formula is C20H21NO3. The molecule has 4 nitrogen and oxygen atoms in total. The summed E-state index contributed by atoms with van der Waals surface area (Å²) in [5.41, 5.74) is 0.769. The molecule has 0 spiro atoms. The lowest BCUT2D eigenvalue weighted by atomic mass is 9.84. The van der Waals surface area contributed by atoms with Crippen molar-refractivity contribution in [2.45, 2.75) is 25.4 Å². The minimum Gasteiger partial charge on any atom is -0.463 e. The van der Waals surface area contributed by atoms with Crippen molar-refractivity contribution in [2.75, 3.05) is 13.2 Å². The van der Waals surface area contributed by atoms with E-state index in [4.69, 9.17) is 4.74 Å². The Morgan fingerprint density at radius 3 is 2.21 bits per heavy atom. The molecule has 1 aliphatic heterocycles. The average molecular weight is 323 g/mol. The molecular weight excluding hydrogens is 302 g/mol. The van der Waals surface area contributed by atoms with Crippen LogP contribution in [0.15, 0.2) is 60.7 Å². The fraction of sp³-hybridized carbons (Fsp3) is 0.300. The molecule has 0 bridgehead atoms. The Kier molecular flexibility index (Phi) is 4.76. The quantitative estimate of drug-likeness (QED) is 0.627. The molecule has 1 atom stereocenters. The second kappa shape index (κ2) is 6.97. The van der Waals surface area contributed by atoms with Crippen molar-refractivity contribution in [1.29, 1.82) is 0 Å². The highest BCUT2D eigenvalue weighted by atomic mass is 16.5. The number of ether oxygens (including phenoxy) is 1. The summed E-state index contributed by atoms with van der Waals surface area (Å²) in [5, 5.41) is 0. The Hall–Kier alpha value is -2.46. The van der Waals surface area contributed by atoms with Crippen LogP contribution in [0, 0.1) is 0 Å². The summed E-state index contributed by atoms with van der Waals surface area (Å²) in [6.07, 6.45) is 0.328. The molecule has 3 rings (SSSR count). The summed E-state index contributed by atoms with van der Waals surface area (Å²) in [7, 11) is 0. The van der Waals surface area contributed by atoms with Crippen LogP contribution in [0.25, 0.3) is 0 Å². The lowest BCUT2D eigenvalue weighted by Crippen LogP contribution is -2.64. The molecule has 2 aromatic carbocycles. The normalized spacial score (nSPS) is 21.3. The number of carbonyl (C=O) groups excluding carboxylic acids is 2. The minimum absolute atomic E-state index is 0.174. The number of Topliss-reactive ketones (excluding diaryl/α,β-unsaturated/α-hetero) is 1. The van der Waals surface area contributed by atoms with Gasteiger partial charge in [0.1, 0.15) is 6.61 Å². The Balaban J connectivity index is 1.97. The van der Waals surface area contributed by atoms with E-state index in [0.717, 1.165) is 11.1 Å². The van der Waals surface area contributed by atoms with Crippen molar-refractivity contribution in [1.82, 2.24) is 4.90 Å². The fourth-order valence-electron chi connectivity index (χ4n) is 3.27. The van der Waals surface area contributed by atoms with Gasteiger partial charge in [0.05, 0.1) is 0 Å². The first-order chi connectivity index (χ1) is 11.6. The summed E-state index contributed by atoms with van der Waals surface area (Å²) in [4.78, 5) is 27.2. The number of ketones is 1. The number of cyclic esters (lactones) is 1. The van der Waals surface area contributed by atoms with Crippen LogP contribution >= 0.6 is 0 Å². The topological polar surface area (TPSA) is 46.6 Å². The van der Waals surface area contributed by atoms with Gasteiger partial charge in [-0.3, -0.25) is 9.69 Å². The van der Waals surface area contributed by atoms with E-state index >= 15 is 0 Å². The second-order valence-electron chi connectivity index (χ2n) is 6.12. The van der Waals surface area contributed by atoms with E-state index in [1.807, 2.05) is 65.6 Å². The Morgan fingerprint density at radius 2 is 1.62 bits per heavy atom. The van der Waals surface area contributed by atoms with E-state index in [9.17, 15) is 9.59 Å². The molecule has 0 amide bonds. The molecule has 1 aliphatic rings. The number of morpholine rings is 1. The molecule has 2 aromatic rings. The number of hydrogen-bond acceptors (Lipinski definition) is 4. The number of esters is 1. The summed E-state index contributed by atoms with van der Waals surface area (Å²) in [5.74, 6) is -0.618. The van der Waals surface area contributed by atoms with Gasteiger partial charge in [0.25, 0.3) is 0 Å². The Labute approximate surface area is 142 Å². The maximum absolute atomic E-state index is 12.7. The van der Waals surface area contributed by atoms with Crippen LogP contribution in [0.1, 0.15) is 18.1 Å². The third kappa shape index (κ3) is 3.10. The zero-order valence-corrected chi connectivity index (χ0v) is 13.8. The monoisotopic (exact) mass is 323 g/mol. The summed E-state index contributed by atoms with van der Waals surface area (Å²) in [6.45, 7) is 2.89. The molecule has 4 heteroatoms. The number of rotatable bonds is 5. The van der Waals surface area contributed by atoms with Crippen molar-refractivity contribution in [3.63, 3.8) is 0 Å². The highest BCUT2D eigenvalue weighted by Gasteiger charge is 2.52. The largest absolute Gasteiger partial charge is 0.463 e. The van der Waals surface area contributed by atoms with Crippen molar-refractivity contribution >= 4 is 11.8 Å². The van der Waals surface area contributed by atoms with Gasteiger partial charge in [-0.15, -0.1) is 0 Å². The van der Waals surface area contributed by atoms with Crippen LogP contribution in [0.2, 0.25) is 0 Å². The van der Waals surface area contributed by atoms with Crippen molar-refractivity contribution in [3.8, 4) is 0 Å². The summed E-state index contributed by atoms with van der Waals surface area (Å²) < 4.78 is 5.29. The van der Waals surface area contributed by atoms with Gasteiger partial charge < -0.3 is 4.74 Å². The molecule has 1 fully saturated rings. The van der Waals surface area contributed by atoms with E-state index in [2.05, 4.69) is 0 Å². The second-order valence-corrected chi connectivity index (χ2v) is 6.12. The molecule has 1 saturated heterocycles. The first-order valence-corrected chi connectivity index (χ1v) is 8.14. The van der Waals surface area contributed by atoms with Crippen LogP contribution < -0.4 is 0 Å². The van der Waals surface area contributed by atoms with E-state index < -0.39 is 11.5 Å². The molecule has 0 radical (unpaired) electrons. The summed E-state index contributed by atoms with van der Waals surface area (Å²) in [6, 6.07) is 19.5. The average Bonchev–Trinajstić information content (AvgIpc) is 2.59. The third-order valence-electron chi connectivity index (χ3n) is 4.57. The van der Waals surface area contributed by atoms with Gasteiger partial charge in [-0.2, -0.15) is 0 Å². The van der Waals surface area contributed by atoms with E-state index in [1.165, 1.54) is 6.92 Å². The Bertz CT molecular complexity index is 714.